The monoisotopic (exact) mass is 1010 g/mol. The van der Waals surface area contributed by atoms with Gasteiger partial charge in [0.2, 0.25) is 5.91 Å². The molecule has 6 aliphatic rings. The van der Waals surface area contributed by atoms with Gasteiger partial charge in [-0.1, -0.05) is 40.7 Å². The first-order valence-corrected chi connectivity index (χ1v) is 27.7. The summed E-state index contributed by atoms with van der Waals surface area (Å²) in [6.45, 7) is 24.2. The number of rotatable bonds is 13. The summed E-state index contributed by atoms with van der Waals surface area (Å²) in [6.07, 6.45) is 5.14. The number of pyridine rings is 1. The lowest BCUT2D eigenvalue weighted by atomic mass is 9.84. The minimum atomic E-state index is -1.09. The molecule has 2 aliphatic carbocycles. The maximum atomic E-state index is 14.9. The fourth-order valence-corrected chi connectivity index (χ4v) is 13.0. The van der Waals surface area contributed by atoms with Crippen LogP contribution >= 0.6 is 11.3 Å². The number of hydrazine groups is 1. The predicted octanol–water partition coefficient (Wildman–Crippen LogP) is 6.87. The first-order valence-electron chi connectivity index (χ1n) is 26.8. The van der Waals surface area contributed by atoms with Crippen LogP contribution in [0.1, 0.15) is 103 Å². The van der Waals surface area contributed by atoms with Crippen LogP contribution in [-0.2, 0) is 46.3 Å². The Bertz CT molecular complexity index is 2600. The van der Waals surface area contributed by atoms with Crippen LogP contribution in [0, 0.1) is 29.1 Å². The van der Waals surface area contributed by atoms with Crippen molar-refractivity contribution in [2.45, 2.75) is 117 Å². The number of esters is 1. The van der Waals surface area contributed by atoms with Crippen LogP contribution in [0.2, 0.25) is 0 Å². The highest BCUT2D eigenvalue weighted by Gasteiger charge is 2.54. The lowest BCUT2D eigenvalue weighted by molar-refractivity contribution is -0.156. The second-order valence-electron chi connectivity index (χ2n) is 22.3. The lowest BCUT2D eigenvalue weighted by Gasteiger charge is -2.37. The molecule has 17 heteroatoms. The highest BCUT2D eigenvalue weighted by Crippen LogP contribution is 2.51. The minimum absolute atomic E-state index is 0.152. The average Bonchev–Trinajstić information content (AvgIpc) is 4.28. The Morgan fingerprint density at radius 1 is 1.01 bits per heavy atom. The number of ether oxygens (including phenoxy) is 4. The highest BCUT2D eigenvalue weighted by molar-refractivity contribution is 7.10. The van der Waals surface area contributed by atoms with Gasteiger partial charge in [0.05, 0.1) is 54.9 Å². The maximum Gasteiger partial charge on any atom is 0.324 e. The van der Waals surface area contributed by atoms with Crippen LogP contribution in [0.5, 0.6) is 0 Å². The maximum absolute atomic E-state index is 14.9. The quantitative estimate of drug-likeness (QED) is 0.134. The van der Waals surface area contributed by atoms with Gasteiger partial charge in [-0.15, -0.1) is 11.3 Å². The molecular weight excluding hydrogens is 931 g/mol. The Morgan fingerprint density at radius 2 is 1.79 bits per heavy atom. The van der Waals surface area contributed by atoms with Crippen molar-refractivity contribution in [1.29, 1.82) is 0 Å². The SMILES string of the molecule is CCO[C@@H]1c2nc(cs2)-c2ccc3c(c2)c(c(-c2cc(N4CCN(C5CC5)CC4)cnc2[C@H](C)OC)n3CCN2CCOCC2)CC(C)(C)COC(=O)[C@@H]2CCCN(N2)C(=O)[C@H]1NC(=O)[C@H]1[C@H](C)[C@@H]1C(C)C. The number of morpholine rings is 1. The van der Waals surface area contributed by atoms with Crippen molar-refractivity contribution in [3.63, 3.8) is 0 Å². The molecule has 7 atom stereocenters. The number of benzene rings is 1. The van der Waals surface area contributed by atoms with Crippen LogP contribution < -0.4 is 15.6 Å². The fraction of sp³-hybridized carbons (Fsp3) is 0.655. The van der Waals surface area contributed by atoms with Crippen molar-refractivity contribution in [3.8, 4) is 22.5 Å². The Morgan fingerprint density at radius 3 is 2.50 bits per heavy atom. The summed E-state index contributed by atoms with van der Waals surface area (Å²) < 4.78 is 27.2. The van der Waals surface area contributed by atoms with Crippen LogP contribution in [0.4, 0.5) is 5.69 Å². The van der Waals surface area contributed by atoms with E-state index in [1.54, 1.807) is 7.11 Å². The van der Waals surface area contributed by atoms with E-state index in [9.17, 15) is 14.4 Å². The summed E-state index contributed by atoms with van der Waals surface area (Å²) in [5, 5.41) is 8.38. The standard InChI is InChI=1S/C55H77N9O7S/c1-9-70-50-48(58-51(65)46-34(4)45(46)33(2)3)53(66)64-16-10-11-42(59-64)54(67)71-32-55(6,7)29-41-39-27-36(43-31-72-52(50)57-43)12-15-44(39)63(22-17-60-23-25-69-26-24-60)49(41)40-28-38(30-56-47(40)35(5)68-8)62-20-18-61(19-21-62)37-13-14-37/h12,15,27-28,30-31,33-35,37,42,45-46,48,50,59H,9-11,13-14,16-26,29,32H2,1-8H3,(H,58,65)/t34-,35+,42+,45+,46+,48+,50+/m1/s1. The molecular formula is C55H77N9O7S. The molecule has 2 N–H and O–H groups in total. The number of amides is 2. The third kappa shape index (κ3) is 10.6. The molecule has 0 radical (unpaired) electrons. The number of carbonyl (C=O) groups is 3. The summed E-state index contributed by atoms with van der Waals surface area (Å²) >= 11 is 1.43. The molecule has 3 saturated heterocycles. The number of aromatic nitrogens is 3. The molecule has 1 aromatic carbocycles. The van der Waals surface area contributed by atoms with E-state index in [2.05, 4.69) is 95.8 Å². The van der Waals surface area contributed by atoms with Gasteiger partial charge in [0.1, 0.15) is 23.2 Å². The highest BCUT2D eigenvalue weighted by atomic mass is 32.1. The van der Waals surface area contributed by atoms with E-state index in [4.69, 9.17) is 28.9 Å². The summed E-state index contributed by atoms with van der Waals surface area (Å²) in [5.41, 5.74) is 10.7. The molecule has 3 aromatic heterocycles. The van der Waals surface area contributed by atoms with Crippen molar-refractivity contribution in [2.75, 3.05) is 90.8 Å². The molecule has 10 rings (SSSR count). The van der Waals surface area contributed by atoms with Crippen LogP contribution in [0.15, 0.2) is 35.8 Å². The van der Waals surface area contributed by atoms with E-state index in [-0.39, 0.29) is 48.9 Å². The van der Waals surface area contributed by atoms with Gasteiger partial charge in [-0.3, -0.25) is 34.2 Å². The number of thiazole rings is 1. The van der Waals surface area contributed by atoms with Gasteiger partial charge in [0, 0.05) is 117 Å². The molecule has 2 amide bonds. The number of nitrogens with zero attached hydrogens (tertiary/aromatic N) is 7. The molecule has 16 nitrogen and oxygen atoms in total. The molecule has 4 aromatic rings. The second-order valence-corrected chi connectivity index (χ2v) is 23.2. The van der Waals surface area contributed by atoms with Crippen molar-refractivity contribution in [2.24, 2.45) is 29.1 Å². The third-order valence-electron chi connectivity index (χ3n) is 16.3. The number of hydrogen-bond donors (Lipinski definition) is 2. The van der Waals surface area contributed by atoms with Crippen LogP contribution in [0.3, 0.4) is 0 Å². The summed E-state index contributed by atoms with van der Waals surface area (Å²) in [5.74, 6) is -0.397. The molecule has 4 aliphatic heterocycles. The van der Waals surface area contributed by atoms with Crippen LogP contribution in [0.25, 0.3) is 33.4 Å². The number of nitrogens with one attached hydrogen (secondary N) is 2. The zero-order valence-corrected chi connectivity index (χ0v) is 44.6. The number of fused-ring (bicyclic) bond motifs is 6. The topological polar surface area (TPSA) is 156 Å². The number of anilines is 1. The summed E-state index contributed by atoms with van der Waals surface area (Å²) in [7, 11) is 1.75. The number of methoxy groups -OCH3 is 1. The minimum Gasteiger partial charge on any atom is -0.464 e. The van der Waals surface area contributed by atoms with Gasteiger partial charge in [-0.2, -0.15) is 0 Å². The average molecular weight is 1010 g/mol. The van der Waals surface area contributed by atoms with Crippen molar-refractivity contribution < 1.29 is 33.3 Å². The van der Waals surface area contributed by atoms with E-state index in [1.807, 2.05) is 18.5 Å². The molecule has 5 fully saturated rings. The van der Waals surface area contributed by atoms with Crippen LogP contribution in [-0.4, -0.2) is 151 Å². The van der Waals surface area contributed by atoms with E-state index >= 15 is 0 Å². The first-order chi connectivity index (χ1) is 34.7. The molecule has 72 heavy (non-hydrogen) atoms. The molecule has 6 bridgehead atoms. The number of cyclic esters (lactones) is 1. The number of piperazine rings is 1. The van der Waals surface area contributed by atoms with Gasteiger partial charge in [0.25, 0.3) is 5.91 Å². The van der Waals surface area contributed by atoms with Gasteiger partial charge in [-0.05, 0) is 87.5 Å². The molecule has 390 valence electrons. The smallest absolute Gasteiger partial charge is 0.324 e. The fourth-order valence-electron chi connectivity index (χ4n) is 12.1. The van der Waals surface area contributed by atoms with Gasteiger partial charge in [0.15, 0.2) is 0 Å². The van der Waals surface area contributed by atoms with Gasteiger partial charge >= 0.3 is 5.97 Å². The third-order valence-corrected chi connectivity index (χ3v) is 17.2. The molecule has 7 heterocycles. The number of hydrogen-bond acceptors (Lipinski definition) is 14. The Kier molecular flexibility index (Phi) is 15.2. The summed E-state index contributed by atoms with van der Waals surface area (Å²) in [6, 6.07) is 7.88. The zero-order valence-electron chi connectivity index (χ0n) is 43.8. The van der Waals surface area contributed by atoms with Crippen molar-refractivity contribution >= 4 is 45.7 Å². The van der Waals surface area contributed by atoms with Crippen molar-refractivity contribution in [1.82, 2.24) is 40.1 Å². The summed E-state index contributed by atoms with van der Waals surface area (Å²) in [4.78, 5) is 61.5. The Labute approximate surface area is 429 Å². The first kappa shape index (κ1) is 51.0. The Hall–Kier alpha value is -4.49. The second kappa shape index (κ2) is 21.4. The van der Waals surface area contributed by atoms with E-state index < -0.39 is 29.6 Å². The van der Waals surface area contributed by atoms with Gasteiger partial charge in [-0.25, -0.2) is 10.4 Å². The largest absolute Gasteiger partial charge is 0.464 e. The van der Waals surface area contributed by atoms with E-state index in [1.165, 1.54) is 29.2 Å². The molecule has 0 unspecified atom stereocenters. The Balaban J connectivity index is 1.12. The number of carbonyl (C=O) groups excluding carboxylic acids is 3. The van der Waals surface area contributed by atoms with E-state index in [0.29, 0.717) is 49.9 Å². The van der Waals surface area contributed by atoms with Crippen molar-refractivity contribution in [3.05, 3.63) is 52.1 Å². The normalized spacial score (nSPS) is 27.0. The zero-order chi connectivity index (χ0) is 50.4. The van der Waals surface area contributed by atoms with E-state index in [0.717, 1.165) is 109 Å². The molecule has 2 saturated carbocycles. The van der Waals surface area contributed by atoms with Gasteiger partial charge < -0.3 is 33.7 Å². The predicted molar refractivity (Wildman–Crippen MR) is 279 cm³/mol. The lowest BCUT2D eigenvalue weighted by Crippen LogP contribution is -2.61. The molecule has 0 spiro atoms.